The first-order valence-electron chi connectivity index (χ1n) is 9.36. The molecule has 1 heteroatoms. The van der Waals surface area contributed by atoms with Crippen LogP contribution >= 0.6 is 0 Å². The van der Waals surface area contributed by atoms with E-state index in [1.54, 1.807) is 0 Å². The van der Waals surface area contributed by atoms with Crippen LogP contribution in [0.4, 0.5) is 0 Å². The predicted octanol–water partition coefficient (Wildman–Crippen LogP) is 5.34. The zero-order chi connectivity index (χ0) is 17.3. The lowest BCUT2D eigenvalue weighted by Crippen LogP contribution is -2.27. The molecule has 3 aromatic rings. The molecule has 124 valence electrons. The fourth-order valence-electron chi connectivity index (χ4n) is 5.15. The minimum Gasteiger partial charge on any atom is -0.298 e. The zero-order valence-electron chi connectivity index (χ0n) is 14.4. The number of allylic oxidation sites excluding steroid dienone is 4. The zero-order valence-corrected chi connectivity index (χ0v) is 14.4. The minimum absolute atomic E-state index is 0.101. The van der Waals surface area contributed by atoms with Crippen molar-refractivity contribution in [1.82, 2.24) is 0 Å². The molecule has 0 aromatic heterocycles. The molecule has 0 amide bonds. The van der Waals surface area contributed by atoms with Crippen molar-refractivity contribution < 1.29 is 4.79 Å². The molecule has 0 heterocycles. The summed E-state index contributed by atoms with van der Waals surface area (Å²) in [6.45, 7) is 0. The Morgan fingerprint density at radius 1 is 0.846 bits per heavy atom. The Bertz CT molecular complexity index is 1160. The molecular formula is C25H18O. The Morgan fingerprint density at radius 3 is 2.73 bits per heavy atom. The van der Waals surface area contributed by atoms with Gasteiger partial charge >= 0.3 is 0 Å². The van der Waals surface area contributed by atoms with Gasteiger partial charge in [-0.2, -0.15) is 0 Å². The predicted molar refractivity (Wildman–Crippen MR) is 105 cm³/mol. The molecule has 0 N–H and O–H groups in total. The molecule has 3 aromatic carbocycles. The second-order valence-electron chi connectivity index (χ2n) is 7.55. The second kappa shape index (κ2) is 5.04. The van der Waals surface area contributed by atoms with E-state index in [9.17, 15) is 4.79 Å². The van der Waals surface area contributed by atoms with Crippen LogP contribution in [0.2, 0.25) is 0 Å². The van der Waals surface area contributed by atoms with Crippen molar-refractivity contribution in [3.05, 3.63) is 101 Å². The molecule has 0 aliphatic heterocycles. The third-order valence-corrected chi connectivity index (χ3v) is 6.27. The summed E-state index contributed by atoms with van der Waals surface area (Å²) < 4.78 is 0. The Hall–Kier alpha value is -2.93. The van der Waals surface area contributed by atoms with Gasteiger partial charge in [-0.1, -0.05) is 72.8 Å². The van der Waals surface area contributed by atoms with E-state index in [2.05, 4.69) is 72.8 Å². The highest BCUT2D eigenvalue weighted by Gasteiger charge is 2.40. The van der Waals surface area contributed by atoms with E-state index < -0.39 is 0 Å². The number of carbonyl (C=O) groups excluding carboxylic acids is 1. The summed E-state index contributed by atoms with van der Waals surface area (Å²) in [5, 5.41) is 2.57. The van der Waals surface area contributed by atoms with E-state index >= 15 is 0 Å². The summed E-state index contributed by atoms with van der Waals surface area (Å²) in [5.74, 6) is 0.0743. The van der Waals surface area contributed by atoms with Gasteiger partial charge in [-0.25, -0.2) is 0 Å². The topological polar surface area (TPSA) is 17.1 Å². The number of ketones is 1. The summed E-state index contributed by atoms with van der Waals surface area (Å²) in [6, 6.07) is 19.4. The smallest absolute Gasteiger partial charge is 0.155 e. The first-order valence-corrected chi connectivity index (χ1v) is 9.36. The van der Waals surface area contributed by atoms with E-state index in [0.29, 0.717) is 5.78 Å². The van der Waals surface area contributed by atoms with Gasteiger partial charge in [-0.05, 0) is 57.0 Å². The van der Waals surface area contributed by atoms with Crippen LogP contribution in [0.1, 0.15) is 39.7 Å². The van der Waals surface area contributed by atoms with Gasteiger partial charge < -0.3 is 0 Å². The first-order chi connectivity index (χ1) is 12.8. The molecule has 26 heavy (non-hydrogen) atoms. The standard InChI is InChI=1S/C25H18O/c26-25-21-10-4-7-17-12-11-16-6-3-9-20(22(16)23(17)21)24(25)19-14-13-15-5-1-2-8-18(15)19/h1-6,8-12,14,21,24H,7,13H2. The molecule has 0 saturated carbocycles. The first kappa shape index (κ1) is 14.3. The molecular weight excluding hydrogens is 316 g/mol. The summed E-state index contributed by atoms with van der Waals surface area (Å²) >= 11 is 0. The lowest BCUT2D eigenvalue weighted by molar-refractivity contribution is -0.119. The Labute approximate surface area is 152 Å². The molecule has 3 aliphatic carbocycles. The van der Waals surface area contributed by atoms with Gasteiger partial charge in [-0.3, -0.25) is 4.79 Å². The minimum atomic E-state index is -0.155. The highest BCUT2D eigenvalue weighted by molar-refractivity contribution is 6.12. The number of fused-ring (bicyclic) bond motifs is 1. The molecule has 0 spiro atoms. The summed E-state index contributed by atoms with van der Waals surface area (Å²) in [4.78, 5) is 13.6. The molecule has 0 bridgehead atoms. The Morgan fingerprint density at radius 2 is 1.77 bits per heavy atom. The highest BCUT2D eigenvalue weighted by Crippen LogP contribution is 2.50. The summed E-state index contributed by atoms with van der Waals surface area (Å²) in [7, 11) is 0. The van der Waals surface area contributed by atoms with Crippen LogP contribution in [0.15, 0.2) is 72.8 Å². The number of rotatable bonds is 1. The van der Waals surface area contributed by atoms with Gasteiger partial charge in [-0.15, -0.1) is 0 Å². The monoisotopic (exact) mass is 334 g/mol. The fraction of sp³-hybridized carbons (Fsp3) is 0.160. The van der Waals surface area contributed by atoms with E-state index in [0.717, 1.165) is 12.8 Å². The van der Waals surface area contributed by atoms with Crippen LogP contribution in [0.25, 0.3) is 16.3 Å². The number of carbonyl (C=O) groups is 1. The van der Waals surface area contributed by atoms with Crippen molar-refractivity contribution in [2.45, 2.75) is 24.7 Å². The van der Waals surface area contributed by atoms with Gasteiger partial charge in [0.1, 0.15) is 0 Å². The highest BCUT2D eigenvalue weighted by atomic mass is 16.1. The summed E-state index contributed by atoms with van der Waals surface area (Å²) in [5.41, 5.74) is 7.55. The van der Waals surface area contributed by atoms with E-state index in [1.807, 2.05) is 0 Å². The van der Waals surface area contributed by atoms with Crippen LogP contribution in [0, 0.1) is 0 Å². The van der Waals surface area contributed by atoms with Gasteiger partial charge in [0.15, 0.2) is 5.78 Å². The third-order valence-electron chi connectivity index (χ3n) is 6.27. The normalized spacial score (nSPS) is 22.5. The second-order valence-corrected chi connectivity index (χ2v) is 7.55. The molecule has 3 aliphatic rings. The van der Waals surface area contributed by atoms with Crippen molar-refractivity contribution in [3.63, 3.8) is 0 Å². The lowest BCUT2D eigenvalue weighted by Gasteiger charge is -2.33. The number of hydrogen-bond donors (Lipinski definition) is 0. The van der Waals surface area contributed by atoms with Gasteiger partial charge in [0.25, 0.3) is 0 Å². The van der Waals surface area contributed by atoms with Crippen molar-refractivity contribution >= 4 is 22.1 Å². The number of hydrogen-bond acceptors (Lipinski definition) is 1. The van der Waals surface area contributed by atoms with Gasteiger partial charge in [0.2, 0.25) is 0 Å². The van der Waals surface area contributed by atoms with Crippen molar-refractivity contribution in [3.8, 4) is 0 Å². The van der Waals surface area contributed by atoms with Crippen LogP contribution in [0.5, 0.6) is 0 Å². The quantitative estimate of drug-likeness (QED) is 0.549. The van der Waals surface area contributed by atoms with Crippen LogP contribution in [-0.4, -0.2) is 5.78 Å². The van der Waals surface area contributed by atoms with Crippen LogP contribution in [0.3, 0.4) is 0 Å². The molecule has 2 atom stereocenters. The van der Waals surface area contributed by atoms with Crippen molar-refractivity contribution in [2.75, 3.05) is 0 Å². The maximum Gasteiger partial charge on any atom is 0.155 e. The maximum atomic E-state index is 13.6. The molecule has 0 radical (unpaired) electrons. The van der Waals surface area contributed by atoms with Crippen LogP contribution < -0.4 is 0 Å². The number of benzene rings is 3. The lowest BCUT2D eigenvalue weighted by atomic mass is 9.68. The SMILES string of the molecule is O=C1C2C=CCc3ccc4cccc(c4c32)C1C1=CCc2ccccc21. The van der Waals surface area contributed by atoms with E-state index in [4.69, 9.17) is 0 Å². The third kappa shape index (κ3) is 1.73. The molecule has 0 saturated heterocycles. The maximum absolute atomic E-state index is 13.6. The average molecular weight is 334 g/mol. The Balaban J connectivity index is 1.67. The average Bonchev–Trinajstić information content (AvgIpc) is 3.11. The van der Waals surface area contributed by atoms with Gasteiger partial charge in [0.05, 0.1) is 11.8 Å². The largest absolute Gasteiger partial charge is 0.298 e. The molecule has 2 unspecified atom stereocenters. The molecule has 0 fully saturated rings. The fourth-order valence-corrected chi connectivity index (χ4v) is 5.15. The molecule has 1 nitrogen and oxygen atoms in total. The number of Topliss-reactive ketones (excluding diaryl/α,β-unsaturated/α-hetero) is 1. The molecule has 6 rings (SSSR count). The van der Waals surface area contributed by atoms with Crippen molar-refractivity contribution in [2.24, 2.45) is 0 Å². The van der Waals surface area contributed by atoms with Crippen molar-refractivity contribution in [1.29, 1.82) is 0 Å². The van der Waals surface area contributed by atoms with Gasteiger partial charge in [0, 0.05) is 0 Å². The van der Waals surface area contributed by atoms with E-state index in [-0.39, 0.29) is 11.8 Å². The van der Waals surface area contributed by atoms with Crippen LogP contribution in [-0.2, 0) is 17.6 Å². The van der Waals surface area contributed by atoms with E-state index in [1.165, 1.54) is 44.2 Å². The Kier molecular flexibility index (Phi) is 2.77. The summed E-state index contributed by atoms with van der Waals surface area (Å²) in [6.07, 6.45) is 8.43.